The van der Waals surface area contributed by atoms with Crippen LogP contribution in [0.15, 0.2) is 75.6 Å². The van der Waals surface area contributed by atoms with Crippen LogP contribution in [-0.4, -0.2) is 17.2 Å². The Labute approximate surface area is 225 Å². The molecule has 0 saturated carbocycles. The van der Waals surface area contributed by atoms with Gasteiger partial charge in [-0.1, -0.05) is 54.2 Å². The number of aromatic nitrogens is 1. The van der Waals surface area contributed by atoms with Crippen LogP contribution in [-0.2, 0) is 11.2 Å². The van der Waals surface area contributed by atoms with Gasteiger partial charge in [-0.3, -0.25) is 4.79 Å². The summed E-state index contributed by atoms with van der Waals surface area (Å²) in [6.07, 6.45) is 10.1. The van der Waals surface area contributed by atoms with E-state index in [4.69, 9.17) is 37.2 Å². The number of amides is 1. The Bertz CT molecular complexity index is 1340. The summed E-state index contributed by atoms with van der Waals surface area (Å²) in [6, 6.07) is 9.03. The largest absolute Gasteiger partial charge is 0.479 e. The number of fused-ring (bicyclic) bond motifs is 1. The number of ether oxygens (including phenoxy) is 2. The Morgan fingerprint density at radius 2 is 2.05 bits per heavy atom. The van der Waals surface area contributed by atoms with Crippen LogP contribution >= 0.6 is 23.2 Å². The smallest absolute Gasteiger partial charge is 0.326 e. The fourth-order valence-corrected chi connectivity index (χ4v) is 4.00. The molecule has 194 valence electrons. The quantitative estimate of drug-likeness (QED) is 0.0984. The molecule has 9 heteroatoms. The molecule has 0 aliphatic carbocycles. The van der Waals surface area contributed by atoms with E-state index in [1.807, 2.05) is 37.3 Å². The third-order valence-electron chi connectivity index (χ3n) is 5.55. The molecule has 2 aromatic carbocycles. The van der Waals surface area contributed by atoms with E-state index in [2.05, 4.69) is 17.3 Å². The van der Waals surface area contributed by atoms with E-state index >= 15 is 0 Å². The zero-order valence-electron chi connectivity index (χ0n) is 20.9. The number of unbranched alkanes of at least 4 members (excludes halogenated alkanes) is 2. The van der Waals surface area contributed by atoms with Crippen molar-refractivity contribution in [2.24, 2.45) is 5.18 Å². The summed E-state index contributed by atoms with van der Waals surface area (Å²) in [6.45, 7) is 5.50. The van der Waals surface area contributed by atoms with Gasteiger partial charge in [0.1, 0.15) is 23.0 Å². The van der Waals surface area contributed by atoms with Crippen LogP contribution in [0, 0.1) is 4.91 Å². The number of allylic oxidation sites excluding steroid dienone is 4. The average Bonchev–Trinajstić information content (AvgIpc) is 3.29. The van der Waals surface area contributed by atoms with Gasteiger partial charge in [0.05, 0.1) is 10.4 Å². The van der Waals surface area contributed by atoms with Crippen LogP contribution in [0.25, 0.3) is 22.2 Å². The topological polar surface area (TPSA) is 91.0 Å². The SMILES string of the molecule is C\C=C/C(=C\C=C\Cl)Oc1ccc(-c2noc3cc(Cl)c(OC(C)C(=O)N=O)cc23)c(CCCCC)c1. The lowest BCUT2D eigenvalue weighted by Gasteiger charge is -2.13. The lowest BCUT2D eigenvalue weighted by Crippen LogP contribution is -2.21. The van der Waals surface area contributed by atoms with E-state index in [0.29, 0.717) is 28.2 Å². The molecule has 1 heterocycles. The fraction of sp³-hybridized carbons (Fsp3) is 0.286. The minimum absolute atomic E-state index is 0.224. The molecule has 0 bridgehead atoms. The van der Waals surface area contributed by atoms with Crippen molar-refractivity contribution in [2.75, 3.05) is 0 Å². The highest BCUT2D eigenvalue weighted by molar-refractivity contribution is 6.33. The second-order valence-electron chi connectivity index (χ2n) is 8.27. The monoisotopic (exact) mass is 542 g/mol. The molecule has 1 unspecified atom stereocenters. The number of halogens is 2. The van der Waals surface area contributed by atoms with Crippen LogP contribution in [0.4, 0.5) is 0 Å². The summed E-state index contributed by atoms with van der Waals surface area (Å²) < 4.78 is 17.3. The molecule has 1 atom stereocenters. The van der Waals surface area contributed by atoms with E-state index in [1.54, 1.807) is 24.3 Å². The number of hydrogen-bond acceptors (Lipinski definition) is 6. The maximum atomic E-state index is 11.6. The molecule has 7 nitrogen and oxygen atoms in total. The molecule has 37 heavy (non-hydrogen) atoms. The lowest BCUT2D eigenvalue weighted by atomic mass is 9.97. The van der Waals surface area contributed by atoms with E-state index < -0.39 is 12.0 Å². The van der Waals surface area contributed by atoms with Gasteiger partial charge in [-0.15, -0.1) is 4.91 Å². The molecule has 0 fully saturated rings. The number of carbonyl (C=O) groups is 1. The number of benzene rings is 2. The van der Waals surface area contributed by atoms with Crippen molar-refractivity contribution in [3.63, 3.8) is 0 Å². The Kier molecular flexibility index (Phi) is 10.5. The first-order chi connectivity index (χ1) is 17.9. The molecule has 3 aromatic rings. The third kappa shape index (κ3) is 7.31. The predicted molar refractivity (Wildman–Crippen MR) is 147 cm³/mol. The summed E-state index contributed by atoms with van der Waals surface area (Å²) in [5.41, 5.74) is 4.41. The number of rotatable bonds is 12. The van der Waals surface area contributed by atoms with Crippen LogP contribution < -0.4 is 9.47 Å². The first-order valence-electron chi connectivity index (χ1n) is 12.0. The Morgan fingerprint density at radius 1 is 1.24 bits per heavy atom. The highest BCUT2D eigenvalue weighted by Gasteiger charge is 2.21. The molecule has 1 aromatic heterocycles. The van der Waals surface area contributed by atoms with E-state index in [1.165, 1.54) is 12.5 Å². The molecular formula is C28H28Cl2N2O5. The first kappa shape index (κ1) is 28.2. The summed E-state index contributed by atoms with van der Waals surface area (Å²) in [7, 11) is 0. The highest BCUT2D eigenvalue weighted by atomic mass is 35.5. The number of nitrogens with zero attached hydrogens (tertiary/aromatic N) is 2. The van der Waals surface area contributed by atoms with Gasteiger partial charge < -0.3 is 14.0 Å². The lowest BCUT2D eigenvalue weighted by molar-refractivity contribution is -0.123. The van der Waals surface area contributed by atoms with Gasteiger partial charge in [0, 0.05) is 22.3 Å². The fourth-order valence-electron chi connectivity index (χ4n) is 3.73. The van der Waals surface area contributed by atoms with Gasteiger partial charge in [0.25, 0.3) is 0 Å². The van der Waals surface area contributed by atoms with Crippen molar-refractivity contribution < 1.29 is 18.8 Å². The average molecular weight is 543 g/mol. The molecule has 1 amide bonds. The third-order valence-corrected chi connectivity index (χ3v) is 5.99. The van der Waals surface area contributed by atoms with Gasteiger partial charge in [0.2, 0.25) is 0 Å². The van der Waals surface area contributed by atoms with Gasteiger partial charge in [-0.25, -0.2) is 0 Å². The van der Waals surface area contributed by atoms with Crippen LogP contribution in [0.2, 0.25) is 5.02 Å². The Hall–Kier alpha value is -3.42. The zero-order chi connectivity index (χ0) is 26.8. The first-order valence-corrected chi connectivity index (χ1v) is 12.8. The van der Waals surface area contributed by atoms with E-state index in [-0.39, 0.29) is 10.8 Å². The van der Waals surface area contributed by atoms with Gasteiger partial charge in [-0.2, -0.15) is 0 Å². The molecule has 0 aliphatic heterocycles. The van der Waals surface area contributed by atoms with Crippen molar-refractivity contribution in [2.45, 2.75) is 52.6 Å². The number of aryl methyl sites for hydroxylation is 1. The highest BCUT2D eigenvalue weighted by Crippen LogP contribution is 2.38. The summed E-state index contributed by atoms with van der Waals surface area (Å²) in [5.74, 6) is 0.618. The molecule has 0 aliphatic rings. The van der Waals surface area contributed by atoms with E-state index in [9.17, 15) is 9.70 Å². The van der Waals surface area contributed by atoms with Crippen molar-refractivity contribution in [1.82, 2.24) is 5.16 Å². The maximum Gasteiger partial charge on any atom is 0.326 e. The minimum Gasteiger partial charge on any atom is -0.479 e. The van der Waals surface area contributed by atoms with Crippen LogP contribution in [0.1, 0.15) is 45.6 Å². The summed E-state index contributed by atoms with van der Waals surface area (Å²) >= 11 is 12.0. The zero-order valence-corrected chi connectivity index (χ0v) is 22.4. The number of nitroso groups, excluding NO2 is 1. The predicted octanol–water partition coefficient (Wildman–Crippen LogP) is 8.53. The molecule has 0 spiro atoms. The van der Waals surface area contributed by atoms with Crippen LogP contribution in [0.5, 0.6) is 11.5 Å². The van der Waals surface area contributed by atoms with Crippen molar-refractivity contribution in [3.05, 3.63) is 81.4 Å². The molecule has 0 N–H and O–H groups in total. The maximum absolute atomic E-state index is 11.6. The van der Waals surface area contributed by atoms with Crippen LogP contribution in [0.3, 0.4) is 0 Å². The molecular weight excluding hydrogens is 515 g/mol. The number of hydrogen-bond donors (Lipinski definition) is 0. The van der Waals surface area contributed by atoms with Gasteiger partial charge >= 0.3 is 5.91 Å². The Morgan fingerprint density at radius 3 is 2.76 bits per heavy atom. The van der Waals surface area contributed by atoms with Gasteiger partial charge in [0.15, 0.2) is 11.7 Å². The van der Waals surface area contributed by atoms with Gasteiger partial charge in [-0.05, 0) is 74.7 Å². The van der Waals surface area contributed by atoms with Crippen molar-refractivity contribution >= 4 is 40.1 Å². The summed E-state index contributed by atoms with van der Waals surface area (Å²) in [5, 5.41) is 7.61. The second-order valence-corrected chi connectivity index (χ2v) is 8.92. The second kappa shape index (κ2) is 13.8. The minimum atomic E-state index is -1.08. The summed E-state index contributed by atoms with van der Waals surface area (Å²) in [4.78, 5) is 22.2. The number of carbonyl (C=O) groups excluding carboxylic acids is 1. The molecule has 3 rings (SSSR count). The standard InChI is InChI=1S/C28H28Cl2N2O5/c1-4-6-7-10-19-15-21(36-20(9-5-2)11-8-14-29)12-13-22(19)27-23-16-26(35-18(3)28(33)31-34)24(30)17-25(23)37-32-27/h5,8-9,11-18H,4,6-7,10H2,1-3H3/b9-5-,14-8+,20-11+. The Balaban J connectivity index is 2.05. The van der Waals surface area contributed by atoms with Crippen molar-refractivity contribution in [1.29, 1.82) is 0 Å². The molecule has 0 saturated heterocycles. The van der Waals surface area contributed by atoms with E-state index in [0.717, 1.165) is 36.8 Å². The molecule has 0 radical (unpaired) electrons. The normalized spacial score (nSPS) is 12.9. The van der Waals surface area contributed by atoms with Crippen molar-refractivity contribution in [3.8, 4) is 22.8 Å².